The van der Waals surface area contributed by atoms with Gasteiger partial charge in [-0.2, -0.15) is 4.99 Å². The molecule has 1 aliphatic heterocycles. The number of aliphatic imine (C=N–C) groups is 1. The molecule has 5 rings (SSSR count). The van der Waals surface area contributed by atoms with Crippen LogP contribution in [-0.2, 0) is 16.1 Å². The predicted octanol–water partition coefficient (Wildman–Crippen LogP) is 3.87. The van der Waals surface area contributed by atoms with Crippen LogP contribution < -0.4 is 21.5 Å². The summed E-state index contributed by atoms with van der Waals surface area (Å²) in [6.45, 7) is 8.61. The molecular formula is C30H38N8O4S. The van der Waals surface area contributed by atoms with E-state index < -0.39 is 0 Å². The molecule has 0 saturated carbocycles. The normalized spacial score (nSPS) is 15.2. The van der Waals surface area contributed by atoms with E-state index >= 15 is 0 Å². The monoisotopic (exact) mass is 606 g/mol. The summed E-state index contributed by atoms with van der Waals surface area (Å²) in [6, 6.07) is 8.52. The summed E-state index contributed by atoms with van der Waals surface area (Å²) in [6.07, 6.45) is 7.10. The highest BCUT2D eigenvalue weighted by Crippen LogP contribution is 2.33. The number of H-pyrrole nitrogens is 1. The number of aromatic nitrogens is 3. The molecule has 0 spiro atoms. The molecule has 4 aromatic rings. The van der Waals surface area contributed by atoms with E-state index in [0.29, 0.717) is 11.8 Å². The molecule has 0 bridgehead atoms. The average molecular weight is 607 g/mol. The quantitative estimate of drug-likeness (QED) is 0.113. The molecule has 228 valence electrons. The number of amidine groups is 1. The van der Waals surface area contributed by atoms with Crippen molar-refractivity contribution < 1.29 is 19.4 Å². The average Bonchev–Trinajstić information content (AvgIpc) is 3.72. The number of nitrogens with one attached hydrogen (secondary N) is 2. The molecule has 13 heteroatoms. The lowest BCUT2D eigenvalue weighted by molar-refractivity contribution is -0.122. The van der Waals surface area contributed by atoms with Crippen molar-refractivity contribution in [2.45, 2.75) is 39.8 Å². The van der Waals surface area contributed by atoms with Crippen LogP contribution in [0.4, 0.5) is 5.95 Å². The van der Waals surface area contributed by atoms with E-state index in [1.165, 1.54) is 10.4 Å². The van der Waals surface area contributed by atoms with Crippen molar-refractivity contribution in [2.24, 2.45) is 16.5 Å². The fraction of sp³-hybridized carbons (Fsp3) is 0.300. The molecule has 1 unspecified atom stereocenters. The summed E-state index contributed by atoms with van der Waals surface area (Å²) < 4.78 is 6.26. The molecule has 1 aromatic carbocycles. The number of nitrogens with two attached hydrogens (primary N) is 2. The van der Waals surface area contributed by atoms with Gasteiger partial charge in [0, 0.05) is 60.6 Å². The maximum absolute atomic E-state index is 8.58. The van der Waals surface area contributed by atoms with Crippen molar-refractivity contribution in [1.82, 2.24) is 25.2 Å². The van der Waals surface area contributed by atoms with Gasteiger partial charge in [-0.1, -0.05) is 18.2 Å². The Morgan fingerprint density at radius 3 is 2.74 bits per heavy atom. The van der Waals surface area contributed by atoms with E-state index in [4.69, 9.17) is 30.2 Å². The molecule has 1 fully saturated rings. The number of likely N-dealkylation sites (tertiary alicyclic amines) is 1. The lowest BCUT2D eigenvalue weighted by Gasteiger charge is -2.17. The number of benzene rings is 1. The van der Waals surface area contributed by atoms with Crippen molar-refractivity contribution in [3.63, 3.8) is 0 Å². The van der Waals surface area contributed by atoms with Crippen molar-refractivity contribution >= 4 is 46.9 Å². The van der Waals surface area contributed by atoms with Gasteiger partial charge in [0.1, 0.15) is 17.7 Å². The Kier molecular flexibility index (Phi) is 12.2. The van der Waals surface area contributed by atoms with E-state index in [0.717, 1.165) is 65.2 Å². The minimum Gasteiger partial charge on any atom is -0.488 e. The first-order valence-electron chi connectivity index (χ1n) is 13.5. The minimum absolute atomic E-state index is 0.230. The van der Waals surface area contributed by atoms with E-state index in [1.807, 2.05) is 27.1 Å². The van der Waals surface area contributed by atoms with Gasteiger partial charge in [0.25, 0.3) is 12.4 Å². The Labute approximate surface area is 254 Å². The van der Waals surface area contributed by atoms with Crippen LogP contribution >= 0.6 is 11.3 Å². The Morgan fingerprint density at radius 1 is 1.33 bits per heavy atom. The van der Waals surface area contributed by atoms with Gasteiger partial charge in [-0.05, 0) is 55.8 Å². The SMILES string of the molecule is CN/C(C)=C\C(N)=N/c1ncc(C)c(-c2c[nH]c3c(CN4CCC(Oc5ccsc5C)C4)cccc23)n1.NC=O.O=CO. The minimum atomic E-state index is -0.250. The number of carboxylic acid groups (broad SMARTS) is 1. The first-order chi connectivity index (χ1) is 20.7. The van der Waals surface area contributed by atoms with Crippen LogP contribution in [0.1, 0.15) is 29.3 Å². The zero-order chi connectivity index (χ0) is 31.4. The Balaban J connectivity index is 0.000000780. The summed E-state index contributed by atoms with van der Waals surface area (Å²) in [5.74, 6) is 1.71. The summed E-state index contributed by atoms with van der Waals surface area (Å²) in [5.41, 5.74) is 16.4. The van der Waals surface area contributed by atoms with Gasteiger partial charge in [0.05, 0.1) is 11.2 Å². The molecular weight excluding hydrogens is 568 g/mol. The van der Waals surface area contributed by atoms with Crippen LogP contribution in [0.15, 0.2) is 58.8 Å². The molecule has 1 atom stereocenters. The van der Waals surface area contributed by atoms with E-state index in [1.54, 1.807) is 23.6 Å². The molecule has 0 aliphatic carbocycles. The van der Waals surface area contributed by atoms with Gasteiger partial charge in [-0.15, -0.1) is 11.3 Å². The smallest absolute Gasteiger partial charge is 0.290 e. The molecule has 1 aliphatic rings. The standard InChI is InChI=1S/C28H33N7OS.CH3NO.CH2O2/c1-17-13-32-28(33-25(29)12-18(2)30-4)34-26(17)23-14-31-27-20(6-5-7-22(23)27)15-35-10-8-21(16-35)36-24-9-11-37-19(24)3;2*2-1-3/h5-7,9,11-14,21,30-31H,8,10,15-16H2,1-4H3,(H2,29,32,33,34);1H,(H2,2,3);1H,(H,2,3)/b18-12-;;. The summed E-state index contributed by atoms with van der Waals surface area (Å²) in [7, 11) is 1.84. The zero-order valence-electron chi connectivity index (χ0n) is 24.7. The number of amides is 1. The number of nitrogens with zero attached hydrogens (tertiary/aromatic N) is 4. The topological polar surface area (TPSA) is 185 Å². The molecule has 12 nitrogen and oxygen atoms in total. The number of ether oxygens (including phenoxy) is 1. The second-order valence-electron chi connectivity index (χ2n) is 9.70. The first-order valence-corrected chi connectivity index (χ1v) is 14.4. The Morgan fingerprint density at radius 2 is 2.07 bits per heavy atom. The number of allylic oxidation sites excluding steroid dienone is 1. The third-order valence-corrected chi connectivity index (χ3v) is 7.56. The number of rotatable bonds is 8. The molecule has 0 radical (unpaired) electrons. The van der Waals surface area contributed by atoms with Crippen LogP contribution in [0.25, 0.3) is 22.2 Å². The fourth-order valence-corrected chi connectivity index (χ4v) is 5.33. The number of aromatic amines is 1. The van der Waals surface area contributed by atoms with Crippen LogP contribution in [0, 0.1) is 13.8 Å². The number of aryl methyl sites for hydroxylation is 2. The second kappa shape index (κ2) is 16.0. The van der Waals surface area contributed by atoms with Crippen molar-refractivity contribution in [2.75, 3.05) is 20.1 Å². The molecule has 7 N–H and O–H groups in total. The third-order valence-electron chi connectivity index (χ3n) is 6.73. The number of hydrogen-bond acceptors (Lipinski definition) is 9. The van der Waals surface area contributed by atoms with Crippen molar-refractivity contribution in [1.29, 1.82) is 0 Å². The predicted molar refractivity (Wildman–Crippen MR) is 170 cm³/mol. The summed E-state index contributed by atoms with van der Waals surface area (Å²) >= 11 is 1.73. The fourth-order valence-electron chi connectivity index (χ4n) is 4.70. The maximum Gasteiger partial charge on any atom is 0.290 e. The van der Waals surface area contributed by atoms with Gasteiger partial charge in [0.2, 0.25) is 6.41 Å². The molecule has 43 heavy (non-hydrogen) atoms. The highest BCUT2D eigenvalue weighted by molar-refractivity contribution is 7.10. The van der Waals surface area contributed by atoms with Gasteiger partial charge < -0.3 is 31.6 Å². The summed E-state index contributed by atoms with van der Waals surface area (Å²) in [5, 5.41) is 13.1. The van der Waals surface area contributed by atoms with E-state index in [-0.39, 0.29) is 19.0 Å². The lowest BCUT2D eigenvalue weighted by atomic mass is 10.0. The number of hydrogen-bond donors (Lipinski definition) is 5. The number of para-hydroxylation sites is 1. The first kappa shape index (κ1) is 32.8. The third kappa shape index (κ3) is 8.87. The van der Waals surface area contributed by atoms with Gasteiger partial charge in [-0.3, -0.25) is 14.5 Å². The number of carbonyl (C=O) groups is 2. The number of carbonyl (C=O) groups excluding carboxylic acids is 1. The van der Waals surface area contributed by atoms with Gasteiger partial charge in [0.15, 0.2) is 0 Å². The van der Waals surface area contributed by atoms with E-state index in [2.05, 4.69) is 67.5 Å². The van der Waals surface area contributed by atoms with Crippen LogP contribution in [0.2, 0.25) is 0 Å². The van der Waals surface area contributed by atoms with Crippen LogP contribution in [-0.4, -0.2) is 69.9 Å². The maximum atomic E-state index is 8.58. The Hall–Kier alpha value is -4.75. The second-order valence-corrected chi connectivity index (χ2v) is 10.8. The van der Waals surface area contributed by atoms with E-state index in [9.17, 15) is 0 Å². The summed E-state index contributed by atoms with van der Waals surface area (Å²) in [4.78, 5) is 37.7. The van der Waals surface area contributed by atoms with Crippen molar-refractivity contribution in [3.05, 3.63) is 69.8 Å². The van der Waals surface area contributed by atoms with Crippen molar-refractivity contribution in [3.8, 4) is 17.0 Å². The molecule has 1 amide bonds. The zero-order valence-corrected chi connectivity index (χ0v) is 25.5. The van der Waals surface area contributed by atoms with Crippen LogP contribution in [0.3, 0.4) is 0 Å². The Bertz CT molecular complexity index is 1570. The van der Waals surface area contributed by atoms with Gasteiger partial charge >= 0.3 is 0 Å². The number of thiophene rings is 1. The van der Waals surface area contributed by atoms with Crippen LogP contribution in [0.5, 0.6) is 5.75 Å². The largest absolute Gasteiger partial charge is 0.488 e. The molecule has 1 saturated heterocycles. The highest BCUT2D eigenvalue weighted by atomic mass is 32.1. The number of fused-ring (bicyclic) bond motifs is 1. The highest BCUT2D eigenvalue weighted by Gasteiger charge is 2.25. The van der Waals surface area contributed by atoms with Gasteiger partial charge in [-0.25, -0.2) is 9.97 Å². The molecule has 3 aromatic heterocycles. The number of primary amides is 1. The lowest BCUT2D eigenvalue weighted by Crippen LogP contribution is -2.24. The molecule has 4 heterocycles.